The molecular formula is C13H24N2O. The number of rotatable bonds is 1. The van der Waals surface area contributed by atoms with Crippen LogP contribution in [0.4, 0.5) is 0 Å². The lowest BCUT2D eigenvalue weighted by molar-refractivity contribution is -0.137. The maximum atomic E-state index is 12.4. The van der Waals surface area contributed by atoms with Crippen LogP contribution in [-0.4, -0.2) is 29.4 Å². The smallest absolute Gasteiger partial charge is 0.225 e. The molecule has 1 heterocycles. The topological polar surface area (TPSA) is 46.3 Å². The van der Waals surface area contributed by atoms with Gasteiger partial charge in [-0.25, -0.2) is 0 Å². The number of hydrogen-bond acceptors (Lipinski definition) is 2. The van der Waals surface area contributed by atoms with Gasteiger partial charge in [0.15, 0.2) is 0 Å². The van der Waals surface area contributed by atoms with Gasteiger partial charge in [0.05, 0.1) is 0 Å². The Morgan fingerprint density at radius 2 is 2.00 bits per heavy atom. The molecule has 0 aromatic rings. The first kappa shape index (κ1) is 11.9. The van der Waals surface area contributed by atoms with Gasteiger partial charge in [-0.2, -0.15) is 0 Å². The standard InChI is InChI=1S/C13H24N2O/c1-10-5-3-2-4-8-15(10)13(16)11-6-7-12(14)9-11/h10-12H,2-9,14H2,1H3. The van der Waals surface area contributed by atoms with E-state index >= 15 is 0 Å². The van der Waals surface area contributed by atoms with Gasteiger partial charge in [-0.3, -0.25) is 4.79 Å². The van der Waals surface area contributed by atoms with E-state index in [0.717, 1.165) is 25.8 Å². The van der Waals surface area contributed by atoms with Gasteiger partial charge in [0.25, 0.3) is 0 Å². The van der Waals surface area contributed by atoms with Crippen LogP contribution in [0.25, 0.3) is 0 Å². The van der Waals surface area contributed by atoms with Crippen LogP contribution in [0.3, 0.4) is 0 Å². The van der Waals surface area contributed by atoms with E-state index in [9.17, 15) is 4.79 Å². The molecule has 2 aliphatic rings. The summed E-state index contributed by atoms with van der Waals surface area (Å²) in [6.07, 6.45) is 7.83. The average molecular weight is 224 g/mol. The molecular weight excluding hydrogens is 200 g/mol. The molecule has 0 aromatic carbocycles. The Kier molecular flexibility index (Phi) is 3.85. The van der Waals surface area contributed by atoms with E-state index in [-0.39, 0.29) is 12.0 Å². The highest BCUT2D eigenvalue weighted by Gasteiger charge is 2.33. The quantitative estimate of drug-likeness (QED) is 0.739. The number of carbonyl (C=O) groups is 1. The summed E-state index contributed by atoms with van der Waals surface area (Å²) in [5, 5.41) is 0. The Morgan fingerprint density at radius 1 is 1.19 bits per heavy atom. The van der Waals surface area contributed by atoms with Gasteiger partial charge in [-0.1, -0.05) is 12.8 Å². The second-order valence-electron chi connectivity index (χ2n) is 5.50. The Bertz CT molecular complexity index is 254. The monoisotopic (exact) mass is 224 g/mol. The molecule has 0 radical (unpaired) electrons. The summed E-state index contributed by atoms with van der Waals surface area (Å²) < 4.78 is 0. The van der Waals surface area contributed by atoms with Crippen molar-refractivity contribution in [3.8, 4) is 0 Å². The van der Waals surface area contributed by atoms with Gasteiger partial charge in [-0.05, 0) is 39.0 Å². The van der Waals surface area contributed by atoms with Crippen LogP contribution < -0.4 is 5.73 Å². The molecule has 2 rings (SSSR count). The van der Waals surface area contributed by atoms with Gasteiger partial charge in [0, 0.05) is 24.5 Å². The molecule has 16 heavy (non-hydrogen) atoms. The van der Waals surface area contributed by atoms with Crippen molar-refractivity contribution in [2.75, 3.05) is 6.54 Å². The predicted octanol–water partition coefficient (Wildman–Crippen LogP) is 1.90. The Balaban J connectivity index is 1.96. The van der Waals surface area contributed by atoms with Gasteiger partial charge in [0.2, 0.25) is 5.91 Å². The van der Waals surface area contributed by atoms with E-state index in [1.165, 1.54) is 25.7 Å². The fourth-order valence-corrected chi connectivity index (χ4v) is 3.08. The van der Waals surface area contributed by atoms with E-state index in [1.54, 1.807) is 0 Å². The molecule has 1 aliphatic heterocycles. The number of hydrogen-bond donors (Lipinski definition) is 1. The van der Waals surface area contributed by atoms with E-state index in [4.69, 9.17) is 5.73 Å². The van der Waals surface area contributed by atoms with Crippen molar-refractivity contribution in [2.24, 2.45) is 11.7 Å². The summed E-state index contributed by atoms with van der Waals surface area (Å²) >= 11 is 0. The third-order valence-electron chi connectivity index (χ3n) is 4.16. The van der Waals surface area contributed by atoms with E-state index in [1.807, 2.05) is 0 Å². The lowest BCUT2D eigenvalue weighted by Crippen LogP contribution is -2.41. The number of nitrogens with zero attached hydrogens (tertiary/aromatic N) is 1. The summed E-state index contributed by atoms with van der Waals surface area (Å²) in [4.78, 5) is 14.5. The minimum Gasteiger partial charge on any atom is -0.340 e. The van der Waals surface area contributed by atoms with E-state index in [2.05, 4.69) is 11.8 Å². The molecule has 0 bridgehead atoms. The molecule has 92 valence electrons. The fraction of sp³-hybridized carbons (Fsp3) is 0.923. The normalized spacial score (nSPS) is 36.1. The summed E-state index contributed by atoms with van der Waals surface area (Å²) in [6.45, 7) is 3.16. The van der Waals surface area contributed by atoms with Crippen LogP contribution in [0.15, 0.2) is 0 Å². The van der Waals surface area contributed by atoms with Crippen LogP contribution in [0.5, 0.6) is 0 Å². The molecule has 1 amide bonds. The second kappa shape index (κ2) is 5.17. The highest BCUT2D eigenvalue weighted by atomic mass is 16.2. The summed E-state index contributed by atoms with van der Waals surface area (Å²) in [5.74, 6) is 0.595. The predicted molar refractivity (Wildman–Crippen MR) is 65.0 cm³/mol. The Labute approximate surface area is 98.4 Å². The Morgan fingerprint density at radius 3 is 2.69 bits per heavy atom. The largest absolute Gasteiger partial charge is 0.340 e. The summed E-state index contributed by atoms with van der Waals surface area (Å²) in [7, 11) is 0. The number of amides is 1. The van der Waals surface area contributed by atoms with E-state index in [0.29, 0.717) is 11.9 Å². The van der Waals surface area contributed by atoms with Crippen molar-refractivity contribution >= 4 is 5.91 Å². The highest BCUT2D eigenvalue weighted by Crippen LogP contribution is 2.28. The maximum Gasteiger partial charge on any atom is 0.225 e. The van der Waals surface area contributed by atoms with Crippen molar-refractivity contribution in [2.45, 2.75) is 64.0 Å². The number of carbonyl (C=O) groups excluding carboxylic acids is 1. The molecule has 2 fully saturated rings. The number of nitrogens with two attached hydrogens (primary N) is 1. The van der Waals surface area contributed by atoms with E-state index < -0.39 is 0 Å². The molecule has 3 unspecified atom stereocenters. The van der Waals surface area contributed by atoms with Gasteiger partial charge in [-0.15, -0.1) is 0 Å². The summed E-state index contributed by atoms with van der Waals surface area (Å²) in [5.41, 5.74) is 5.89. The van der Waals surface area contributed by atoms with Crippen LogP contribution in [0.1, 0.15) is 51.9 Å². The molecule has 1 saturated carbocycles. The molecule has 3 heteroatoms. The van der Waals surface area contributed by atoms with Crippen molar-refractivity contribution in [1.29, 1.82) is 0 Å². The van der Waals surface area contributed by atoms with Gasteiger partial charge in [0.1, 0.15) is 0 Å². The van der Waals surface area contributed by atoms with Crippen molar-refractivity contribution < 1.29 is 4.79 Å². The van der Waals surface area contributed by atoms with Gasteiger partial charge >= 0.3 is 0 Å². The zero-order valence-corrected chi connectivity index (χ0v) is 10.3. The SMILES string of the molecule is CC1CCCCCN1C(=O)C1CCC(N)C1. The summed E-state index contributed by atoms with van der Waals surface area (Å²) in [6, 6.07) is 0.697. The van der Waals surface area contributed by atoms with Crippen LogP contribution >= 0.6 is 0 Å². The fourth-order valence-electron chi connectivity index (χ4n) is 3.08. The van der Waals surface area contributed by atoms with Crippen LogP contribution in [-0.2, 0) is 4.79 Å². The molecule has 0 spiro atoms. The van der Waals surface area contributed by atoms with Crippen molar-refractivity contribution in [3.05, 3.63) is 0 Å². The van der Waals surface area contributed by atoms with Crippen LogP contribution in [0, 0.1) is 5.92 Å². The maximum absolute atomic E-state index is 12.4. The first-order valence-electron chi connectivity index (χ1n) is 6.74. The zero-order valence-electron chi connectivity index (χ0n) is 10.3. The molecule has 1 saturated heterocycles. The zero-order chi connectivity index (χ0) is 11.5. The minimum atomic E-state index is 0.218. The third-order valence-corrected chi connectivity index (χ3v) is 4.16. The Hall–Kier alpha value is -0.570. The molecule has 3 atom stereocenters. The van der Waals surface area contributed by atoms with Gasteiger partial charge < -0.3 is 10.6 Å². The molecule has 3 nitrogen and oxygen atoms in total. The lowest BCUT2D eigenvalue weighted by atomic mass is 10.0. The molecule has 2 N–H and O–H groups in total. The second-order valence-corrected chi connectivity index (χ2v) is 5.50. The molecule has 0 aromatic heterocycles. The number of likely N-dealkylation sites (tertiary alicyclic amines) is 1. The lowest BCUT2D eigenvalue weighted by Gasteiger charge is -2.29. The highest BCUT2D eigenvalue weighted by molar-refractivity contribution is 5.79. The van der Waals surface area contributed by atoms with Crippen molar-refractivity contribution in [3.63, 3.8) is 0 Å². The first-order valence-corrected chi connectivity index (χ1v) is 6.74. The molecule has 1 aliphatic carbocycles. The van der Waals surface area contributed by atoms with Crippen LogP contribution in [0.2, 0.25) is 0 Å². The third kappa shape index (κ3) is 2.57. The first-order chi connectivity index (χ1) is 7.68. The average Bonchev–Trinajstić information content (AvgIpc) is 2.57. The minimum absolute atomic E-state index is 0.218. The van der Waals surface area contributed by atoms with Crippen molar-refractivity contribution in [1.82, 2.24) is 4.90 Å².